The van der Waals surface area contributed by atoms with E-state index in [-0.39, 0.29) is 17.7 Å². The lowest BCUT2D eigenvalue weighted by Gasteiger charge is -2.08. The largest absolute Gasteiger partial charge is 0.467 e. The smallest absolute Gasteiger partial charge is 0.228 e. The van der Waals surface area contributed by atoms with E-state index in [1.165, 1.54) is 0 Å². The monoisotopic (exact) mass is 381 g/mol. The Morgan fingerprint density at radius 3 is 2.81 bits per heavy atom. The third kappa shape index (κ3) is 4.41. The molecule has 27 heavy (non-hydrogen) atoms. The van der Waals surface area contributed by atoms with E-state index in [9.17, 15) is 4.79 Å². The van der Waals surface area contributed by atoms with Gasteiger partial charge < -0.3 is 14.5 Å². The first-order chi connectivity index (χ1) is 13.2. The number of anilines is 1. The predicted octanol–water partition coefficient (Wildman–Crippen LogP) is 5.39. The molecule has 1 saturated carbocycles. The number of halogens is 1. The Morgan fingerprint density at radius 2 is 2.00 bits per heavy atom. The third-order valence-electron chi connectivity index (χ3n) is 4.72. The topological polar surface area (TPSA) is 51.5 Å². The lowest BCUT2D eigenvalue weighted by Crippen LogP contribution is -2.14. The molecule has 1 aliphatic rings. The Morgan fingerprint density at radius 1 is 1.11 bits per heavy atom. The second kappa shape index (κ2) is 7.99. The predicted molar refractivity (Wildman–Crippen MR) is 105 cm³/mol. The van der Waals surface area contributed by atoms with Crippen molar-refractivity contribution >= 4 is 23.2 Å². The van der Waals surface area contributed by atoms with Crippen molar-refractivity contribution < 1.29 is 13.9 Å². The molecular formula is C22H20ClNO3. The van der Waals surface area contributed by atoms with Crippen molar-refractivity contribution in [2.24, 2.45) is 5.92 Å². The standard InChI is InChI=1S/C22H20ClNO3/c23-21-9-2-1-8-18(21)19-12-20(19)22(25)24-16-6-3-5-15(11-16)13-26-14-17-7-4-10-27-17/h1-11,19-20H,12-14H2,(H,24,25). The first kappa shape index (κ1) is 17.8. The van der Waals surface area contributed by atoms with Crippen LogP contribution in [0.1, 0.15) is 29.2 Å². The van der Waals surface area contributed by atoms with Gasteiger partial charge in [0.1, 0.15) is 12.4 Å². The van der Waals surface area contributed by atoms with Gasteiger partial charge >= 0.3 is 0 Å². The number of furan rings is 1. The highest BCUT2D eigenvalue weighted by atomic mass is 35.5. The summed E-state index contributed by atoms with van der Waals surface area (Å²) in [6, 6.07) is 19.2. The molecule has 4 rings (SSSR count). The van der Waals surface area contributed by atoms with E-state index in [0.29, 0.717) is 13.2 Å². The average molecular weight is 382 g/mol. The van der Waals surface area contributed by atoms with Crippen molar-refractivity contribution in [3.8, 4) is 0 Å². The zero-order valence-corrected chi connectivity index (χ0v) is 15.5. The maximum atomic E-state index is 12.6. The summed E-state index contributed by atoms with van der Waals surface area (Å²) in [6.07, 6.45) is 2.46. The maximum absolute atomic E-state index is 12.6. The van der Waals surface area contributed by atoms with Crippen molar-refractivity contribution in [2.45, 2.75) is 25.6 Å². The minimum absolute atomic E-state index is 0.0243. The van der Waals surface area contributed by atoms with E-state index in [1.54, 1.807) is 6.26 Å². The summed E-state index contributed by atoms with van der Waals surface area (Å²) in [5.41, 5.74) is 2.83. The molecule has 0 radical (unpaired) electrons. The molecule has 138 valence electrons. The molecule has 1 aliphatic carbocycles. The maximum Gasteiger partial charge on any atom is 0.228 e. The summed E-state index contributed by atoms with van der Waals surface area (Å²) in [5.74, 6) is 1.01. The number of hydrogen-bond donors (Lipinski definition) is 1. The van der Waals surface area contributed by atoms with Gasteiger partial charge in [0.2, 0.25) is 5.91 Å². The van der Waals surface area contributed by atoms with Gasteiger partial charge in [0.05, 0.1) is 12.9 Å². The molecule has 2 unspecified atom stereocenters. The molecule has 1 heterocycles. The second-order valence-electron chi connectivity index (χ2n) is 6.73. The lowest BCUT2D eigenvalue weighted by atomic mass is 10.1. The fraction of sp³-hybridized carbons (Fsp3) is 0.227. The van der Waals surface area contributed by atoms with Crippen LogP contribution in [0.5, 0.6) is 0 Å². The highest BCUT2D eigenvalue weighted by Gasteiger charge is 2.44. The van der Waals surface area contributed by atoms with Gasteiger partial charge in [-0.05, 0) is 53.8 Å². The Bertz CT molecular complexity index is 923. The van der Waals surface area contributed by atoms with E-state index in [2.05, 4.69) is 5.32 Å². The molecule has 2 atom stereocenters. The first-order valence-electron chi connectivity index (χ1n) is 8.95. The molecule has 1 amide bonds. The Kier molecular flexibility index (Phi) is 5.28. The van der Waals surface area contributed by atoms with Gasteiger partial charge in [-0.3, -0.25) is 4.79 Å². The summed E-state index contributed by atoms with van der Waals surface area (Å²) in [4.78, 5) is 12.6. The van der Waals surface area contributed by atoms with E-state index in [1.807, 2.05) is 60.7 Å². The number of carbonyl (C=O) groups is 1. The number of rotatable bonds is 7. The van der Waals surface area contributed by atoms with Crippen molar-refractivity contribution in [1.82, 2.24) is 0 Å². The summed E-state index contributed by atoms with van der Waals surface area (Å²) in [5, 5.41) is 3.74. The fourth-order valence-electron chi connectivity index (χ4n) is 3.24. The van der Waals surface area contributed by atoms with Gasteiger partial charge in [-0.15, -0.1) is 0 Å². The number of hydrogen-bond acceptors (Lipinski definition) is 3. The molecule has 1 aromatic heterocycles. The molecule has 1 N–H and O–H groups in total. The Hall–Kier alpha value is -2.56. The van der Waals surface area contributed by atoms with Gasteiger partial charge in [0.15, 0.2) is 0 Å². The first-order valence-corrected chi connectivity index (χ1v) is 9.33. The Labute approximate surface area is 163 Å². The highest BCUT2D eigenvalue weighted by molar-refractivity contribution is 6.31. The highest BCUT2D eigenvalue weighted by Crippen LogP contribution is 2.50. The van der Waals surface area contributed by atoms with Crippen LogP contribution in [0.15, 0.2) is 71.3 Å². The van der Waals surface area contributed by atoms with E-state index < -0.39 is 0 Å². The van der Waals surface area contributed by atoms with Crippen molar-refractivity contribution in [3.05, 3.63) is 88.8 Å². The number of carbonyl (C=O) groups excluding carboxylic acids is 1. The van der Waals surface area contributed by atoms with E-state index in [4.69, 9.17) is 20.8 Å². The van der Waals surface area contributed by atoms with Crippen molar-refractivity contribution in [2.75, 3.05) is 5.32 Å². The fourth-order valence-corrected chi connectivity index (χ4v) is 3.52. The van der Waals surface area contributed by atoms with Crippen LogP contribution >= 0.6 is 11.6 Å². The van der Waals surface area contributed by atoms with Crippen LogP contribution in [0, 0.1) is 5.92 Å². The second-order valence-corrected chi connectivity index (χ2v) is 7.14. The summed E-state index contributed by atoms with van der Waals surface area (Å²) >= 11 is 6.24. The van der Waals surface area contributed by atoms with Crippen LogP contribution in [0.4, 0.5) is 5.69 Å². The molecule has 0 saturated heterocycles. The molecule has 4 nitrogen and oxygen atoms in total. The van der Waals surface area contributed by atoms with Crippen LogP contribution in [0.2, 0.25) is 5.02 Å². The molecular weight excluding hydrogens is 362 g/mol. The van der Waals surface area contributed by atoms with Crippen molar-refractivity contribution in [1.29, 1.82) is 0 Å². The van der Waals surface area contributed by atoms with Gasteiger partial charge in [0, 0.05) is 16.6 Å². The van der Waals surface area contributed by atoms with Gasteiger partial charge in [-0.1, -0.05) is 41.9 Å². The number of nitrogens with one attached hydrogen (secondary N) is 1. The molecule has 0 aliphatic heterocycles. The summed E-state index contributed by atoms with van der Waals surface area (Å²) in [7, 11) is 0. The van der Waals surface area contributed by atoms with Crippen molar-refractivity contribution in [3.63, 3.8) is 0 Å². The normalized spacial score (nSPS) is 18.3. The zero-order chi connectivity index (χ0) is 18.6. The SMILES string of the molecule is O=C(Nc1cccc(COCc2ccco2)c1)C1CC1c1ccccc1Cl. The van der Waals surface area contributed by atoms with Crippen LogP contribution in [0.3, 0.4) is 0 Å². The molecule has 1 fully saturated rings. The van der Waals surface area contributed by atoms with Gasteiger partial charge in [-0.25, -0.2) is 0 Å². The zero-order valence-electron chi connectivity index (χ0n) is 14.7. The van der Waals surface area contributed by atoms with Crippen LogP contribution in [0.25, 0.3) is 0 Å². The van der Waals surface area contributed by atoms with E-state index in [0.717, 1.165) is 34.0 Å². The quantitative estimate of drug-likeness (QED) is 0.596. The number of benzene rings is 2. The van der Waals surface area contributed by atoms with Crippen LogP contribution in [-0.4, -0.2) is 5.91 Å². The molecule has 5 heteroatoms. The summed E-state index contributed by atoms with van der Waals surface area (Å²) in [6.45, 7) is 0.876. The molecule has 0 spiro atoms. The van der Waals surface area contributed by atoms with Gasteiger partial charge in [0.25, 0.3) is 0 Å². The van der Waals surface area contributed by atoms with Crippen LogP contribution < -0.4 is 5.32 Å². The summed E-state index contributed by atoms with van der Waals surface area (Å²) < 4.78 is 10.9. The van der Waals surface area contributed by atoms with Crippen LogP contribution in [-0.2, 0) is 22.7 Å². The van der Waals surface area contributed by atoms with E-state index >= 15 is 0 Å². The molecule has 0 bridgehead atoms. The molecule has 2 aromatic carbocycles. The Balaban J connectivity index is 1.32. The average Bonchev–Trinajstić information content (AvgIpc) is 3.30. The lowest BCUT2D eigenvalue weighted by molar-refractivity contribution is -0.117. The molecule has 3 aromatic rings. The minimum atomic E-state index is -0.0243. The van der Waals surface area contributed by atoms with Gasteiger partial charge in [-0.2, -0.15) is 0 Å². The minimum Gasteiger partial charge on any atom is -0.467 e. The number of amides is 1. The third-order valence-corrected chi connectivity index (χ3v) is 5.06. The number of ether oxygens (including phenoxy) is 1.